The molecular weight excluding hydrogens is 352 g/mol. The molecule has 2 N–H and O–H groups in total. The molecule has 4 nitrogen and oxygen atoms in total. The minimum atomic E-state index is -0.000848. The van der Waals surface area contributed by atoms with Gasteiger partial charge in [-0.15, -0.1) is 0 Å². The number of hydrogen-bond acceptors (Lipinski definition) is 4. The van der Waals surface area contributed by atoms with E-state index in [1.807, 2.05) is 0 Å². The monoisotopic (exact) mass is 390 g/mol. The maximum absolute atomic E-state index is 10.9. The zero-order chi connectivity index (χ0) is 21.4. The normalized spacial score (nSPS) is 13.8. The molecule has 0 heterocycles. The molecule has 1 unspecified atom stereocenters. The van der Waals surface area contributed by atoms with Crippen LogP contribution in [-0.2, 0) is 0 Å². The average Bonchev–Trinajstić information content (AvgIpc) is 2.70. The Kier molecular flexibility index (Phi) is 9.44. The largest absolute Gasteiger partial charge is 0.504 e. The molecule has 158 valence electrons. The Hall–Kier alpha value is -2.10. The standard InChI is InChI=1S/C24H38O4/c1-9-16(5)19(13-12-15(4)14-18(10-2)11-3)20-17(6)21(25)23(27-7)24(28-8)22(20)26/h12-13,16,18,25-26H,9-11,14H2,1-8H3/b15-12+,19-13?. The topological polar surface area (TPSA) is 58.9 Å². The van der Waals surface area contributed by atoms with Crippen molar-refractivity contribution in [3.63, 3.8) is 0 Å². The molecule has 0 saturated carbocycles. The van der Waals surface area contributed by atoms with E-state index in [1.54, 1.807) is 6.92 Å². The van der Waals surface area contributed by atoms with Gasteiger partial charge >= 0.3 is 0 Å². The van der Waals surface area contributed by atoms with Crippen molar-refractivity contribution in [3.05, 3.63) is 28.9 Å². The molecule has 1 atom stereocenters. The first-order valence-electron chi connectivity index (χ1n) is 10.3. The van der Waals surface area contributed by atoms with Crippen LogP contribution in [0, 0.1) is 18.8 Å². The van der Waals surface area contributed by atoms with Gasteiger partial charge in [-0.1, -0.05) is 58.3 Å². The fourth-order valence-corrected chi connectivity index (χ4v) is 3.57. The van der Waals surface area contributed by atoms with E-state index in [2.05, 4.69) is 46.8 Å². The predicted octanol–water partition coefficient (Wildman–Crippen LogP) is 6.63. The van der Waals surface area contributed by atoms with Gasteiger partial charge in [0.05, 0.1) is 14.2 Å². The highest BCUT2D eigenvalue weighted by molar-refractivity contribution is 5.82. The first-order valence-corrected chi connectivity index (χ1v) is 10.3. The maximum atomic E-state index is 10.9. The summed E-state index contributed by atoms with van der Waals surface area (Å²) in [5.74, 6) is 1.22. The number of ether oxygens (including phenoxy) is 2. The summed E-state index contributed by atoms with van der Waals surface area (Å²) in [4.78, 5) is 0. The molecule has 0 aliphatic rings. The zero-order valence-corrected chi connectivity index (χ0v) is 18.8. The number of benzene rings is 1. The van der Waals surface area contributed by atoms with Crippen LogP contribution < -0.4 is 9.47 Å². The van der Waals surface area contributed by atoms with Crippen molar-refractivity contribution >= 4 is 5.57 Å². The van der Waals surface area contributed by atoms with Crippen LogP contribution in [0.3, 0.4) is 0 Å². The molecule has 0 aliphatic carbocycles. The number of phenols is 2. The van der Waals surface area contributed by atoms with E-state index < -0.39 is 0 Å². The van der Waals surface area contributed by atoms with Gasteiger partial charge in [0, 0.05) is 11.1 Å². The fraction of sp³-hybridized carbons (Fsp3) is 0.583. The summed E-state index contributed by atoms with van der Waals surface area (Å²) in [6, 6.07) is 0. The van der Waals surface area contributed by atoms with E-state index in [-0.39, 0.29) is 28.9 Å². The fourth-order valence-electron chi connectivity index (χ4n) is 3.57. The second-order valence-corrected chi connectivity index (χ2v) is 7.59. The lowest BCUT2D eigenvalue weighted by atomic mass is 9.87. The molecule has 0 aliphatic heterocycles. The van der Waals surface area contributed by atoms with Gasteiger partial charge in [-0.25, -0.2) is 0 Å². The first-order chi connectivity index (χ1) is 13.3. The lowest BCUT2D eigenvalue weighted by molar-refractivity contribution is 0.315. The van der Waals surface area contributed by atoms with Crippen molar-refractivity contribution in [2.24, 2.45) is 11.8 Å². The van der Waals surface area contributed by atoms with E-state index in [0.29, 0.717) is 17.0 Å². The van der Waals surface area contributed by atoms with Gasteiger partial charge in [0.1, 0.15) is 0 Å². The van der Waals surface area contributed by atoms with E-state index in [1.165, 1.54) is 32.6 Å². The van der Waals surface area contributed by atoms with Gasteiger partial charge in [0.2, 0.25) is 11.5 Å². The van der Waals surface area contributed by atoms with Crippen LogP contribution in [0.15, 0.2) is 17.7 Å². The Balaban J connectivity index is 3.57. The van der Waals surface area contributed by atoms with E-state index in [4.69, 9.17) is 9.47 Å². The van der Waals surface area contributed by atoms with Gasteiger partial charge in [-0.3, -0.25) is 0 Å². The lowest BCUT2D eigenvalue weighted by Gasteiger charge is -2.22. The SMILES string of the molecule is CCC(CC)C/C(C)=C/C=C(c1c(C)c(O)c(OC)c(OC)c1O)C(C)CC. The number of rotatable bonds is 10. The molecule has 0 fully saturated rings. The highest BCUT2D eigenvalue weighted by atomic mass is 16.5. The van der Waals surface area contributed by atoms with Gasteiger partial charge < -0.3 is 19.7 Å². The molecule has 28 heavy (non-hydrogen) atoms. The Morgan fingerprint density at radius 1 is 0.929 bits per heavy atom. The zero-order valence-electron chi connectivity index (χ0n) is 18.8. The molecule has 1 rings (SSSR count). The highest BCUT2D eigenvalue weighted by Crippen LogP contribution is 2.51. The van der Waals surface area contributed by atoms with Crippen LogP contribution in [-0.4, -0.2) is 24.4 Å². The number of hydrogen-bond donors (Lipinski definition) is 2. The van der Waals surface area contributed by atoms with Crippen LogP contribution in [0.2, 0.25) is 0 Å². The lowest BCUT2D eigenvalue weighted by Crippen LogP contribution is -2.03. The van der Waals surface area contributed by atoms with Crippen molar-refractivity contribution in [1.82, 2.24) is 0 Å². The second kappa shape index (κ2) is 11.0. The molecule has 1 aromatic rings. The minimum Gasteiger partial charge on any atom is -0.504 e. The molecular formula is C24H38O4. The van der Waals surface area contributed by atoms with Gasteiger partial charge in [-0.2, -0.15) is 0 Å². The van der Waals surface area contributed by atoms with Crippen LogP contribution in [0.4, 0.5) is 0 Å². The molecule has 0 amide bonds. The summed E-state index contributed by atoms with van der Waals surface area (Å²) < 4.78 is 10.6. The predicted molar refractivity (Wildman–Crippen MR) is 117 cm³/mol. The minimum absolute atomic E-state index is 0.000848. The molecule has 4 heteroatoms. The van der Waals surface area contributed by atoms with E-state index in [0.717, 1.165) is 18.4 Å². The molecule has 0 radical (unpaired) electrons. The summed E-state index contributed by atoms with van der Waals surface area (Å²) in [5.41, 5.74) is 3.51. The van der Waals surface area contributed by atoms with Gasteiger partial charge in [-0.05, 0) is 44.1 Å². The highest BCUT2D eigenvalue weighted by Gasteiger charge is 2.26. The van der Waals surface area contributed by atoms with Crippen LogP contribution in [0.25, 0.3) is 5.57 Å². The summed E-state index contributed by atoms with van der Waals surface area (Å²) >= 11 is 0. The Morgan fingerprint density at radius 3 is 1.93 bits per heavy atom. The molecule has 0 spiro atoms. The van der Waals surface area contributed by atoms with Crippen LogP contribution in [0.5, 0.6) is 23.0 Å². The number of methoxy groups -OCH3 is 2. The Labute approximate surface area is 170 Å². The summed E-state index contributed by atoms with van der Waals surface area (Å²) in [6.45, 7) is 12.7. The van der Waals surface area contributed by atoms with Crippen molar-refractivity contribution in [2.75, 3.05) is 14.2 Å². The van der Waals surface area contributed by atoms with E-state index >= 15 is 0 Å². The van der Waals surface area contributed by atoms with Gasteiger partial charge in [0.15, 0.2) is 11.5 Å². The Bertz CT molecular complexity index is 712. The van der Waals surface area contributed by atoms with E-state index in [9.17, 15) is 10.2 Å². The maximum Gasteiger partial charge on any atom is 0.207 e. The smallest absolute Gasteiger partial charge is 0.207 e. The van der Waals surface area contributed by atoms with Crippen molar-refractivity contribution in [2.45, 2.75) is 67.2 Å². The molecule has 1 aromatic carbocycles. The third-order valence-corrected chi connectivity index (χ3v) is 5.76. The summed E-state index contributed by atoms with van der Waals surface area (Å²) in [6.07, 6.45) is 8.56. The summed E-state index contributed by atoms with van der Waals surface area (Å²) in [5, 5.41) is 21.5. The number of allylic oxidation sites excluding steroid dienone is 4. The van der Waals surface area contributed by atoms with Crippen molar-refractivity contribution < 1.29 is 19.7 Å². The number of aromatic hydroxyl groups is 2. The average molecular weight is 391 g/mol. The van der Waals surface area contributed by atoms with Gasteiger partial charge in [0.25, 0.3) is 0 Å². The molecule has 0 aromatic heterocycles. The summed E-state index contributed by atoms with van der Waals surface area (Å²) in [7, 11) is 2.91. The Morgan fingerprint density at radius 2 is 1.46 bits per heavy atom. The quantitative estimate of drug-likeness (QED) is 0.348. The number of phenolic OH excluding ortho intramolecular Hbond substituents is 2. The second-order valence-electron chi connectivity index (χ2n) is 7.59. The van der Waals surface area contributed by atoms with Crippen molar-refractivity contribution in [1.29, 1.82) is 0 Å². The molecule has 0 bridgehead atoms. The third-order valence-electron chi connectivity index (χ3n) is 5.76. The molecule has 0 saturated heterocycles. The van der Waals surface area contributed by atoms with Crippen LogP contribution >= 0.6 is 0 Å². The first kappa shape index (κ1) is 23.9. The third kappa shape index (κ3) is 5.24. The van der Waals surface area contributed by atoms with Crippen molar-refractivity contribution in [3.8, 4) is 23.0 Å². The van der Waals surface area contributed by atoms with Crippen LogP contribution in [0.1, 0.15) is 71.4 Å².